The number of fused-ring (bicyclic) bond motifs is 1. The van der Waals surface area contributed by atoms with Crippen molar-refractivity contribution >= 4 is 40.7 Å². The molecule has 6 nitrogen and oxygen atoms in total. The number of halogens is 3. The minimum atomic E-state index is -0.453. The number of nitrogens with zero attached hydrogens (tertiary/aromatic N) is 2. The molecule has 156 valence electrons. The molecule has 4 rings (SSSR count). The van der Waals surface area contributed by atoms with Gasteiger partial charge in [0.1, 0.15) is 17.1 Å². The highest BCUT2D eigenvalue weighted by atomic mass is 35.5. The third-order valence-corrected chi connectivity index (χ3v) is 6.06. The van der Waals surface area contributed by atoms with Crippen molar-refractivity contribution in [2.24, 2.45) is 0 Å². The molecular weight excluding hydrogens is 449 g/mol. The number of aromatic nitrogens is 2. The topological polar surface area (TPSA) is 78.5 Å². The van der Waals surface area contributed by atoms with Gasteiger partial charge >= 0.3 is 0 Å². The highest BCUT2D eigenvalue weighted by Crippen LogP contribution is 2.45. The van der Waals surface area contributed by atoms with Gasteiger partial charge in [-0.15, -0.1) is 0 Å². The Labute approximate surface area is 188 Å². The van der Waals surface area contributed by atoms with Gasteiger partial charge in [0, 0.05) is 36.4 Å². The quantitative estimate of drug-likeness (QED) is 0.482. The molecule has 1 amide bonds. The molecule has 30 heavy (non-hydrogen) atoms. The second-order valence-electron chi connectivity index (χ2n) is 6.94. The Balaban J connectivity index is 1.87. The Bertz CT molecular complexity index is 1120. The molecule has 0 bridgehead atoms. The van der Waals surface area contributed by atoms with Crippen LogP contribution in [0.3, 0.4) is 0 Å². The number of hydrogen-bond acceptors (Lipinski definition) is 4. The number of aromatic hydroxyl groups is 1. The van der Waals surface area contributed by atoms with Crippen molar-refractivity contribution in [2.45, 2.75) is 12.5 Å². The average Bonchev–Trinajstić information content (AvgIpc) is 3.26. The van der Waals surface area contributed by atoms with Crippen LogP contribution < -0.4 is 0 Å². The Kier molecular flexibility index (Phi) is 5.93. The standard InChI is InChI=1S/C21H18Cl3N3O3/c1-30-8-2-7-27-20(11-3-5-14(23)15(24)9-11)17-18(25-26-19(17)21(27)29)13-10-12(22)4-6-16(13)28/h3-6,9-10,20,28H,2,7-8H2,1H3,(H,25,26). The van der Waals surface area contributed by atoms with Gasteiger partial charge in [-0.05, 0) is 42.3 Å². The van der Waals surface area contributed by atoms with Crippen LogP contribution in [0.15, 0.2) is 36.4 Å². The SMILES string of the molecule is COCCCN1C(=O)c2[nH]nc(-c3cc(Cl)ccc3O)c2C1c1ccc(Cl)c(Cl)c1. The number of amides is 1. The van der Waals surface area contributed by atoms with Gasteiger partial charge in [-0.2, -0.15) is 5.10 Å². The molecule has 2 N–H and O–H groups in total. The largest absolute Gasteiger partial charge is 0.507 e. The lowest BCUT2D eigenvalue weighted by atomic mass is 9.95. The maximum atomic E-state index is 13.2. The number of H-pyrrole nitrogens is 1. The Hall–Kier alpha value is -2.25. The highest BCUT2D eigenvalue weighted by molar-refractivity contribution is 6.42. The van der Waals surface area contributed by atoms with Crippen LogP contribution in [0.4, 0.5) is 0 Å². The molecule has 1 aliphatic heterocycles. The number of rotatable bonds is 6. The van der Waals surface area contributed by atoms with Gasteiger partial charge in [0.05, 0.1) is 16.1 Å². The van der Waals surface area contributed by atoms with E-state index in [9.17, 15) is 9.90 Å². The number of phenolic OH excluding ortho intramolecular Hbond substituents is 1. The van der Waals surface area contributed by atoms with Crippen molar-refractivity contribution in [1.29, 1.82) is 0 Å². The van der Waals surface area contributed by atoms with Crippen LogP contribution >= 0.6 is 34.8 Å². The summed E-state index contributed by atoms with van der Waals surface area (Å²) in [6.07, 6.45) is 0.662. The normalized spacial score (nSPS) is 15.7. The van der Waals surface area contributed by atoms with Gasteiger partial charge < -0.3 is 14.7 Å². The van der Waals surface area contributed by atoms with Gasteiger partial charge in [0.15, 0.2) is 0 Å². The third kappa shape index (κ3) is 3.65. The second kappa shape index (κ2) is 8.47. The molecule has 2 heterocycles. The summed E-state index contributed by atoms with van der Waals surface area (Å²) in [6.45, 7) is 0.993. The fraction of sp³-hybridized carbons (Fsp3) is 0.238. The van der Waals surface area contributed by atoms with Crippen molar-refractivity contribution in [3.63, 3.8) is 0 Å². The zero-order valence-corrected chi connectivity index (χ0v) is 18.2. The Morgan fingerprint density at radius 2 is 1.97 bits per heavy atom. The number of carbonyl (C=O) groups excluding carboxylic acids is 1. The Morgan fingerprint density at radius 1 is 1.17 bits per heavy atom. The molecule has 1 aromatic heterocycles. The van der Waals surface area contributed by atoms with Crippen molar-refractivity contribution < 1.29 is 14.6 Å². The van der Waals surface area contributed by atoms with E-state index in [0.717, 1.165) is 5.56 Å². The van der Waals surface area contributed by atoms with Gasteiger partial charge in [-0.3, -0.25) is 9.89 Å². The highest BCUT2D eigenvalue weighted by Gasteiger charge is 2.42. The zero-order valence-electron chi connectivity index (χ0n) is 16.0. The van der Waals surface area contributed by atoms with E-state index in [4.69, 9.17) is 39.5 Å². The van der Waals surface area contributed by atoms with Gasteiger partial charge in [0.2, 0.25) is 0 Å². The van der Waals surface area contributed by atoms with E-state index >= 15 is 0 Å². The van der Waals surface area contributed by atoms with Gasteiger partial charge in [-0.1, -0.05) is 40.9 Å². The van der Waals surface area contributed by atoms with Crippen molar-refractivity contribution in [3.8, 4) is 17.0 Å². The van der Waals surface area contributed by atoms with Crippen LogP contribution in [-0.4, -0.2) is 46.4 Å². The van der Waals surface area contributed by atoms with Crippen molar-refractivity contribution in [1.82, 2.24) is 15.1 Å². The van der Waals surface area contributed by atoms with Crippen LogP contribution in [-0.2, 0) is 4.74 Å². The van der Waals surface area contributed by atoms with Crippen LogP contribution in [0.25, 0.3) is 11.3 Å². The molecule has 2 aromatic carbocycles. The van der Waals surface area contributed by atoms with Crippen molar-refractivity contribution in [2.75, 3.05) is 20.3 Å². The number of benzene rings is 2. The lowest BCUT2D eigenvalue weighted by molar-refractivity contribution is 0.0723. The molecule has 9 heteroatoms. The fourth-order valence-corrected chi connectivity index (χ4v) is 4.22. The van der Waals surface area contributed by atoms with Gasteiger partial charge in [0.25, 0.3) is 5.91 Å². The number of hydrogen-bond donors (Lipinski definition) is 2. The lowest BCUT2D eigenvalue weighted by Crippen LogP contribution is -2.31. The first-order chi connectivity index (χ1) is 14.4. The first-order valence-electron chi connectivity index (χ1n) is 9.24. The second-order valence-corrected chi connectivity index (χ2v) is 8.19. The predicted molar refractivity (Wildman–Crippen MR) is 117 cm³/mol. The first-order valence-corrected chi connectivity index (χ1v) is 10.4. The average molecular weight is 467 g/mol. The van der Waals surface area contributed by atoms with Gasteiger partial charge in [-0.25, -0.2) is 0 Å². The van der Waals surface area contributed by atoms with E-state index in [0.29, 0.717) is 57.2 Å². The van der Waals surface area contributed by atoms with Crippen LogP contribution in [0, 0.1) is 0 Å². The number of ether oxygens (including phenoxy) is 1. The molecule has 0 saturated carbocycles. The predicted octanol–water partition coefficient (Wildman–Crippen LogP) is 5.32. The maximum Gasteiger partial charge on any atom is 0.273 e. The summed E-state index contributed by atoms with van der Waals surface area (Å²) in [4.78, 5) is 14.9. The molecule has 0 fully saturated rings. The molecule has 1 unspecified atom stereocenters. The third-order valence-electron chi connectivity index (χ3n) is 5.08. The summed E-state index contributed by atoms with van der Waals surface area (Å²) >= 11 is 18.5. The molecule has 1 aliphatic rings. The van der Waals surface area contributed by atoms with Crippen LogP contribution in [0.5, 0.6) is 5.75 Å². The number of aromatic amines is 1. The summed E-state index contributed by atoms with van der Waals surface area (Å²) < 4.78 is 5.15. The number of nitrogens with one attached hydrogen (secondary N) is 1. The smallest absolute Gasteiger partial charge is 0.273 e. The molecule has 3 aromatic rings. The van der Waals surface area contributed by atoms with E-state index in [1.807, 2.05) is 6.07 Å². The molecule has 1 atom stereocenters. The van der Waals surface area contributed by atoms with Crippen LogP contribution in [0.1, 0.15) is 34.1 Å². The molecular formula is C21H18Cl3N3O3. The monoisotopic (exact) mass is 465 g/mol. The summed E-state index contributed by atoms with van der Waals surface area (Å²) in [5.41, 5.74) is 2.73. The fourth-order valence-electron chi connectivity index (χ4n) is 3.74. The van der Waals surface area contributed by atoms with Crippen molar-refractivity contribution in [3.05, 3.63) is 68.3 Å². The number of methoxy groups -OCH3 is 1. The lowest BCUT2D eigenvalue weighted by Gasteiger charge is -2.26. The van der Waals surface area contributed by atoms with E-state index in [-0.39, 0.29) is 11.7 Å². The minimum absolute atomic E-state index is 0.0203. The van der Waals surface area contributed by atoms with E-state index in [1.165, 1.54) is 6.07 Å². The Morgan fingerprint density at radius 3 is 2.70 bits per heavy atom. The van der Waals surface area contributed by atoms with Crippen LogP contribution in [0.2, 0.25) is 15.1 Å². The minimum Gasteiger partial charge on any atom is -0.507 e. The number of carbonyl (C=O) groups is 1. The summed E-state index contributed by atoms with van der Waals surface area (Å²) in [6, 6.07) is 9.54. The van der Waals surface area contributed by atoms with E-state index < -0.39 is 6.04 Å². The molecule has 0 radical (unpaired) electrons. The zero-order chi connectivity index (χ0) is 21.4. The van der Waals surface area contributed by atoms with E-state index in [1.54, 1.807) is 36.3 Å². The maximum absolute atomic E-state index is 13.2. The summed E-state index contributed by atoms with van der Waals surface area (Å²) in [7, 11) is 1.62. The molecule has 0 saturated heterocycles. The molecule has 0 aliphatic carbocycles. The number of phenols is 1. The molecule has 0 spiro atoms. The summed E-state index contributed by atoms with van der Waals surface area (Å²) in [5.74, 6) is -0.163. The van der Waals surface area contributed by atoms with E-state index in [2.05, 4.69) is 10.2 Å². The first kappa shape index (κ1) is 21.0. The summed E-state index contributed by atoms with van der Waals surface area (Å²) in [5, 5.41) is 18.9.